The van der Waals surface area contributed by atoms with Crippen molar-refractivity contribution in [2.24, 2.45) is 23.0 Å². The third-order valence-electron chi connectivity index (χ3n) is 5.24. The SMILES string of the molecule is CN(Cc1cscn1)C(CN)C1CCC(C(C)(C)C)CC1. The lowest BCUT2D eigenvalue weighted by Gasteiger charge is -2.41. The van der Waals surface area contributed by atoms with Crippen LogP contribution in [0.5, 0.6) is 0 Å². The largest absolute Gasteiger partial charge is 0.329 e. The number of likely N-dealkylation sites (N-methyl/N-ethyl adjacent to an activating group) is 1. The van der Waals surface area contributed by atoms with Crippen LogP contribution < -0.4 is 5.73 Å². The molecule has 0 saturated heterocycles. The first-order chi connectivity index (χ1) is 9.91. The first-order valence-corrected chi connectivity index (χ1v) is 9.13. The summed E-state index contributed by atoms with van der Waals surface area (Å²) < 4.78 is 0. The molecule has 1 aliphatic carbocycles. The molecule has 0 amide bonds. The lowest BCUT2D eigenvalue weighted by atomic mass is 9.68. The van der Waals surface area contributed by atoms with Crippen LogP contribution in [0.4, 0.5) is 0 Å². The second kappa shape index (κ2) is 7.21. The molecule has 1 unspecified atom stereocenters. The molecule has 3 nitrogen and oxygen atoms in total. The number of hydrogen-bond acceptors (Lipinski definition) is 4. The average molecular weight is 310 g/mol. The second-order valence-corrected chi connectivity index (χ2v) is 8.39. The standard InChI is InChI=1S/C17H31N3S/c1-17(2,3)14-7-5-13(6-8-14)16(9-18)20(4)10-15-11-21-12-19-15/h11-14,16H,5-10,18H2,1-4H3. The molecule has 0 aromatic carbocycles. The van der Waals surface area contributed by atoms with Crippen LogP contribution in [0.3, 0.4) is 0 Å². The van der Waals surface area contributed by atoms with E-state index in [1.807, 2.05) is 5.51 Å². The number of nitrogens with zero attached hydrogens (tertiary/aromatic N) is 2. The zero-order valence-corrected chi connectivity index (χ0v) is 14.8. The van der Waals surface area contributed by atoms with Gasteiger partial charge in [-0.25, -0.2) is 4.98 Å². The van der Waals surface area contributed by atoms with Crippen LogP contribution >= 0.6 is 11.3 Å². The molecular formula is C17H31N3S. The predicted molar refractivity (Wildman–Crippen MR) is 91.3 cm³/mol. The Morgan fingerprint density at radius 1 is 1.33 bits per heavy atom. The van der Waals surface area contributed by atoms with Crippen LogP contribution in [0, 0.1) is 17.3 Å². The fourth-order valence-electron chi connectivity index (χ4n) is 3.79. The minimum absolute atomic E-state index is 0.454. The van der Waals surface area contributed by atoms with E-state index in [2.05, 4.69) is 43.1 Å². The van der Waals surface area contributed by atoms with Crippen molar-refractivity contribution in [3.8, 4) is 0 Å². The van der Waals surface area contributed by atoms with E-state index >= 15 is 0 Å². The zero-order chi connectivity index (χ0) is 15.5. The molecule has 0 spiro atoms. The van der Waals surface area contributed by atoms with Gasteiger partial charge in [0.1, 0.15) is 0 Å². The highest BCUT2D eigenvalue weighted by Crippen LogP contribution is 2.41. The van der Waals surface area contributed by atoms with Crippen LogP contribution in [-0.2, 0) is 6.54 Å². The van der Waals surface area contributed by atoms with Crippen molar-refractivity contribution in [1.82, 2.24) is 9.88 Å². The van der Waals surface area contributed by atoms with E-state index in [0.717, 1.165) is 24.9 Å². The fraction of sp³-hybridized carbons (Fsp3) is 0.824. The molecule has 2 N–H and O–H groups in total. The predicted octanol–water partition coefficient (Wildman–Crippen LogP) is 3.75. The van der Waals surface area contributed by atoms with Gasteiger partial charge in [0.2, 0.25) is 0 Å². The summed E-state index contributed by atoms with van der Waals surface area (Å²) in [5, 5.41) is 2.14. The average Bonchev–Trinajstić information content (AvgIpc) is 2.92. The van der Waals surface area contributed by atoms with Gasteiger partial charge in [-0.15, -0.1) is 11.3 Å². The summed E-state index contributed by atoms with van der Waals surface area (Å²) in [5.74, 6) is 1.62. The van der Waals surface area contributed by atoms with Gasteiger partial charge in [0, 0.05) is 24.5 Å². The molecule has 2 rings (SSSR count). The van der Waals surface area contributed by atoms with Crippen molar-refractivity contribution >= 4 is 11.3 Å². The van der Waals surface area contributed by atoms with Gasteiger partial charge >= 0.3 is 0 Å². The Labute approximate surface area is 133 Å². The summed E-state index contributed by atoms with van der Waals surface area (Å²) in [6.07, 6.45) is 5.36. The number of nitrogens with two attached hydrogens (primary N) is 1. The van der Waals surface area contributed by atoms with Gasteiger partial charge in [-0.2, -0.15) is 0 Å². The molecule has 1 fully saturated rings. The van der Waals surface area contributed by atoms with E-state index in [1.165, 1.54) is 31.4 Å². The van der Waals surface area contributed by atoms with Gasteiger partial charge in [0.05, 0.1) is 11.2 Å². The number of aromatic nitrogens is 1. The molecule has 1 aliphatic rings. The second-order valence-electron chi connectivity index (χ2n) is 7.68. The Balaban J connectivity index is 1.90. The summed E-state index contributed by atoms with van der Waals surface area (Å²) in [6, 6.07) is 0.493. The maximum atomic E-state index is 6.09. The van der Waals surface area contributed by atoms with E-state index in [1.54, 1.807) is 11.3 Å². The lowest BCUT2D eigenvalue weighted by molar-refractivity contribution is 0.0913. The van der Waals surface area contributed by atoms with E-state index in [0.29, 0.717) is 11.5 Å². The van der Waals surface area contributed by atoms with E-state index in [4.69, 9.17) is 5.73 Å². The van der Waals surface area contributed by atoms with Crippen molar-refractivity contribution in [2.45, 2.75) is 59.0 Å². The van der Waals surface area contributed by atoms with Gasteiger partial charge in [-0.1, -0.05) is 20.8 Å². The molecule has 120 valence electrons. The third-order valence-corrected chi connectivity index (χ3v) is 5.88. The van der Waals surface area contributed by atoms with Gasteiger partial charge in [-0.3, -0.25) is 4.90 Å². The molecule has 0 bridgehead atoms. The van der Waals surface area contributed by atoms with Crippen molar-refractivity contribution < 1.29 is 0 Å². The molecule has 0 aliphatic heterocycles. The maximum absolute atomic E-state index is 6.09. The Bertz CT molecular complexity index is 402. The lowest BCUT2D eigenvalue weighted by Crippen LogP contribution is -2.45. The minimum Gasteiger partial charge on any atom is -0.329 e. The molecule has 1 aromatic heterocycles. The molecular weight excluding hydrogens is 278 g/mol. The fourth-order valence-corrected chi connectivity index (χ4v) is 4.34. The van der Waals surface area contributed by atoms with Gasteiger partial charge in [-0.05, 0) is 50.0 Å². The van der Waals surface area contributed by atoms with Crippen LogP contribution in [0.2, 0.25) is 0 Å². The van der Waals surface area contributed by atoms with E-state index in [-0.39, 0.29) is 0 Å². The highest BCUT2D eigenvalue weighted by Gasteiger charge is 2.33. The first-order valence-electron chi connectivity index (χ1n) is 8.19. The van der Waals surface area contributed by atoms with E-state index in [9.17, 15) is 0 Å². The highest BCUT2D eigenvalue weighted by atomic mass is 32.1. The summed E-state index contributed by atoms with van der Waals surface area (Å²) >= 11 is 1.67. The zero-order valence-electron chi connectivity index (χ0n) is 14.0. The number of thiazole rings is 1. The number of hydrogen-bond donors (Lipinski definition) is 1. The Kier molecular flexibility index (Phi) is 5.81. The molecule has 1 heterocycles. The molecule has 0 radical (unpaired) electrons. The van der Waals surface area contributed by atoms with Gasteiger partial charge in [0.25, 0.3) is 0 Å². The maximum Gasteiger partial charge on any atom is 0.0795 e. The molecule has 1 atom stereocenters. The van der Waals surface area contributed by atoms with Crippen molar-refractivity contribution in [2.75, 3.05) is 13.6 Å². The van der Waals surface area contributed by atoms with Crippen LogP contribution in [0.15, 0.2) is 10.9 Å². The van der Waals surface area contributed by atoms with Crippen LogP contribution in [0.1, 0.15) is 52.1 Å². The van der Waals surface area contributed by atoms with Crippen molar-refractivity contribution in [3.05, 3.63) is 16.6 Å². The summed E-state index contributed by atoms with van der Waals surface area (Å²) in [5.41, 5.74) is 9.63. The highest BCUT2D eigenvalue weighted by molar-refractivity contribution is 7.07. The Morgan fingerprint density at radius 2 is 2.00 bits per heavy atom. The molecule has 21 heavy (non-hydrogen) atoms. The third kappa shape index (κ3) is 4.51. The van der Waals surface area contributed by atoms with Gasteiger partial charge < -0.3 is 5.73 Å². The summed E-state index contributed by atoms with van der Waals surface area (Å²) in [7, 11) is 2.20. The summed E-state index contributed by atoms with van der Waals surface area (Å²) in [6.45, 7) is 8.82. The van der Waals surface area contributed by atoms with Crippen molar-refractivity contribution in [3.63, 3.8) is 0 Å². The summed E-state index contributed by atoms with van der Waals surface area (Å²) in [4.78, 5) is 6.81. The molecule has 1 saturated carbocycles. The van der Waals surface area contributed by atoms with Crippen molar-refractivity contribution in [1.29, 1.82) is 0 Å². The van der Waals surface area contributed by atoms with Gasteiger partial charge in [0.15, 0.2) is 0 Å². The van der Waals surface area contributed by atoms with Crippen LogP contribution in [-0.4, -0.2) is 29.5 Å². The Hall–Kier alpha value is -0.450. The monoisotopic (exact) mass is 309 g/mol. The van der Waals surface area contributed by atoms with Crippen LogP contribution in [0.25, 0.3) is 0 Å². The Morgan fingerprint density at radius 3 is 2.48 bits per heavy atom. The quantitative estimate of drug-likeness (QED) is 0.900. The normalized spacial score (nSPS) is 25.2. The topological polar surface area (TPSA) is 42.2 Å². The van der Waals surface area contributed by atoms with E-state index < -0.39 is 0 Å². The first kappa shape index (κ1) is 16.9. The number of rotatable bonds is 5. The molecule has 4 heteroatoms. The smallest absolute Gasteiger partial charge is 0.0795 e. The minimum atomic E-state index is 0.454. The molecule has 1 aromatic rings.